The molecule has 0 bridgehead atoms. The lowest BCUT2D eigenvalue weighted by Gasteiger charge is -1.98. The van der Waals surface area contributed by atoms with Gasteiger partial charge in [0.2, 0.25) is 0 Å². The van der Waals surface area contributed by atoms with Gasteiger partial charge >= 0.3 is 5.97 Å². The lowest BCUT2D eigenvalue weighted by molar-refractivity contribution is -0.131. The highest BCUT2D eigenvalue weighted by atomic mass is 79.9. The summed E-state index contributed by atoms with van der Waals surface area (Å²) in [7, 11) is 0. The first-order chi connectivity index (χ1) is 6.65. The van der Waals surface area contributed by atoms with Crippen molar-refractivity contribution in [3.63, 3.8) is 0 Å². The van der Waals surface area contributed by atoms with Crippen LogP contribution in [0.1, 0.15) is 11.1 Å². The maximum Gasteiger partial charge on any atom is 0.328 e. The Morgan fingerprint density at radius 1 is 1.57 bits per heavy atom. The Balaban J connectivity index is 3.16. The number of carboxylic acids is 1. The molecule has 0 aliphatic carbocycles. The van der Waals surface area contributed by atoms with Crippen molar-refractivity contribution in [2.75, 3.05) is 0 Å². The summed E-state index contributed by atoms with van der Waals surface area (Å²) >= 11 is 3.21. The van der Waals surface area contributed by atoms with E-state index in [0.29, 0.717) is 15.6 Å². The summed E-state index contributed by atoms with van der Waals surface area (Å²) in [5.41, 5.74) is 1.02. The van der Waals surface area contributed by atoms with Crippen molar-refractivity contribution in [3.8, 4) is 6.07 Å². The van der Waals surface area contributed by atoms with E-state index in [2.05, 4.69) is 15.9 Å². The van der Waals surface area contributed by atoms with E-state index in [4.69, 9.17) is 10.4 Å². The number of carbonyl (C=O) groups is 1. The topological polar surface area (TPSA) is 61.1 Å². The summed E-state index contributed by atoms with van der Waals surface area (Å²) in [6, 6.07) is 7.16. The van der Waals surface area contributed by atoms with Gasteiger partial charge < -0.3 is 5.11 Å². The Morgan fingerprint density at radius 3 is 2.86 bits per heavy atom. The van der Waals surface area contributed by atoms with E-state index in [1.54, 1.807) is 18.2 Å². The third kappa shape index (κ3) is 2.44. The first-order valence-electron chi connectivity index (χ1n) is 3.75. The molecule has 14 heavy (non-hydrogen) atoms. The largest absolute Gasteiger partial charge is 0.478 e. The van der Waals surface area contributed by atoms with Crippen LogP contribution in [-0.4, -0.2) is 11.1 Å². The maximum atomic E-state index is 10.3. The molecule has 0 fully saturated rings. The summed E-state index contributed by atoms with van der Waals surface area (Å²) in [6.45, 7) is 0. The van der Waals surface area contributed by atoms with Crippen molar-refractivity contribution in [2.45, 2.75) is 0 Å². The molecule has 0 saturated heterocycles. The van der Waals surface area contributed by atoms with Crippen LogP contribution in [0.15, 0.2) is 28.7 Å². The van der Waals surface area contributed by atoms with Gasteiger partial charge in [-0.05, 0) is 33.6 Å². The molecule has 0 spiro atoms. The lowest BCUT2D eigenvalue weighted by Crippen LogP contribution is -1.88. The van der Waals surface area contributed by atoms with Crippen LogP contribution in [0.25, 0.3) is 6.08 Å². The fourth-order valence-electron chi connectivity index (χ4n) is 0.959. The van der Waals surface area contributed by atoms with Crippen LogP contribution in [0.3, 0.4) is 0 Å². The first-order valence-corrected chi connectivity index (χ1v) is 4.54. The van der Waals surface area contributed by atoms with Crippen LogP contribution in [0.2, 0.25) is 0 Å². The Morgan fingerprint density at radius 2 is 2.29 bits per heavy atom. The van der Waals surface area contributed by atoms with E-state index in [1.165, 1.54) is 6.08 Å². The van der Waals surface area contributed by atoms with Crippen LogP contribution >= 0.6 is 15.9 Å². The third-order valence-electron chi connectivity index (χ3n) is 1.56. The van der Waals surface area contributed by atoms with Crippen molar-refractivity contribution in [3.05, 3.63) is 39.9 Å². The van der Waals surface area contributed by atoms with Gasteiger partial charge in [-0.2, -0.15) is 5.26 Å². The molecule has 0 heterocycles. The molecule has 70 valence electrons. The minimum Gasteiger partial charge on any atom is -0.478 e. The highest BCUT2D eigenvalue weighted by Gasteiger charge is 2.02. The Hall–Kier alpha value is -1.60. The number of halogens is 1. The SMILES string of the molecule is N#Cc1c(Br)cccc1/C=C/C(=O)O. The standard InChI is InChI=1S/C10H6BrNO2/c11-9-3-1-2-7(8(9)6-12)4-5-10(13)14/h1-5H,(H,13,14)/b5-4+. The summed E-state index contributed by atoms with van der Waals surface area (Å²) in [5.74, 6) is -1.03. The molecule has 0 saturated carbocycles. The molecular weight excluding hydrogens is 246 g/mol. The number of nitrogens with zero attached hydrogens (tertiary/aromatic N) is 1. The molecule has 1 aromatic carbocycles. The number of aliphatic carboxylic acids is 1. The van der Waals surface area contributed by atoms with E-state index in [0.717, 1.165) is 6.08 Å². The van der Waals surface area contributed by atoms with Crippen LogP contribution in [0.4, 0.5) is 0 Å². The second kappa shape index (κ2) is 4.58. The molecule has 0 aliphatic heterocycles. The van der Waals surface area contributed by atoms with Gasteiger partial charge in [0.15, 0.2) is 0 Å². The lowest BCUT2D eigenvalue weighted by atomic mass is 10.1. The number of rotatable bonds is 2. The zero-order valence-electron chi connectivity index (χ0n) is 7.07. The summed E-state index contributed by atoms with van der Waals surface area (Å²) in [5, 5.41) is 17.2. The molecule has 0 unspecified atom stereocenters. The number of nitriles is 1. The van der Waals surface area contributed by atoms with Crippen LogP contribution < -0.4 is 0 Å². The van der Waals surface area contributed by atoms with Crippen LogP contribution in [-0.2, 0) is 4.79 Å². The van der Waals surface area contributed by atoms with Gasteiger partial charge in [0.25, 0.3) is 0 Å². The van der Waals surface area contributed by atoms with E-state index < -0.39 is 5.97 Å². The van der Waals surface area contributed by atoms with Gasteiger partial charge in [0, 0.05) is 10.5 Å². The summed E-state index contributed by atoms with van der Waals surface area (Å²) in [6.07, 6.45) is 2.40. The molecule has 1 aromatic rings. The van der Waals surface area contributed by atoms with Crippen molar-refractivity contribution >= 4 is 28.0 Å². The highest BCUT2D eigenvalue weighted by Crippen LogP contribution is 2.20. The van der Waals surface area contributed by atoms with Gasteiger partial charge in [-0.1, -0.05) is 12.1 Å². The minimum absolute atomic E-state index is 0.435. The van der Waals surface area contributed by atoms with Gasteiger partial charge in [-0.25, -0.2) is 4.79 Å². The van der Waals surface area contributed by atoms with Crippen LogP contribution in [0.5, 0.6) is 0 Å². The number of hydrogen-bond acceptors (Lipinski definition) is 2. The fraction of sp³-hybridized carbons (Fsp3) is 0. The Kier molecular flexibility index (Phi) is 3.43. The zero-order valence-corrected chi connectivity index (χ0v) is 8.65. The quantitative estimate of drug-likeness (QED) is 0.822. The molecule has 4 heteroatoms. The van der Waals surface area contributed by atoms with Gasteiger partial charge in [0.1, 0.15) is 6.07 Å². The molecule has 0 atom stereocenters. The van der Waals surface area contributed by atoms with E-state index >= 15 is 0 Å². The Labute approximate surface area is 89.4 Å². The fourth-order valence-corrected chi connectivity index (χ4v) is 1.43. The molecule has 0 radical (unpaired) electrons. The van der Waals surface area contributed by atoms with Crippen molar-refractivity contribution in [1.29, 1.82) is 5.26 Å². The molecule has 1 N–H and O–H groups in total. The number of benzene rings is 1. The summed E-state index contributed by atoms with van der Waals surface area (Å²) < 4.78 is 0.660. The normalized spacial score (nSPS) is 10.0. The van der Waals surface area contributed by atoms with E-state index in [1.807, 2.05) is 6.07 Å². The second-order valence-electron chi connectivity index (χ2n) is 2.49. The minimum atomic E-state index is -1.03. The number of hydrogen-bond donors (Lipinski definition) is 1. The molecule has 0 aromatic heterocycles. The summed E-state index contributed by atoms with van der Waals surface area (Å²) in [4.78, 5) is 10.3. The smallest absolute Gasteiger partial charge is 0.328 e. The number of carboxylic acid groups (broad SMARTS) is 1. The average Bonchev–Trinajstić information content (AvgIpc) is 2.14. The van der Waals surface area contributed by atoms with Crippen molar-refractivity contribution in [2.24, 2.45) is 0 Å². The second-order valence-corrected chi connectivity index (χ2v) is 3.34. The maximum absolute atomic E-state index is 10.3. The molecule has 0 aliphatic rings. The van der Waals surface area contributed by atoms with E-state index in [-0.39, 0.29) is 0 Å². The highest BCUT2D eigenvalue weighted by molar-refractivity contribution is 9.10. The van der Waals surface area contributed by atoms with Gasteiger partial charge in [-0.15, -0.1) is 0 Å². The average molecular weight is 252 g/mol. The Bertz CT molecular complexity index is 432. The van der Waals surface area contributed by atoms with Gasteiger partial charge in [-0.3, -0.25) is 0 Å². The van der Waals surface area contributed by atoms with Crippen molar-refractivity contribution < 1.29 is 9.90 Å². The predicted octanol–water partition coefficient (Wildman–Crippen LogP) is 2.42. The molecule has 0 amide bonds. The first kappa shape index (κ1) is 10.5. The van der Waals surface area contributed by atoms with Crippen molar-refractivity contribution in [1.82, 2.24) is 0 Å². The van der Waals surface area contributed by atoms with E-state index in [9.17, 15) is 4.79 Å². The monoisotopic (exact) mass is 251 g/mol. The van der Waals surface area contributed by atoms with Gasteiger partial charge in [0.05, 0.1) is 5.56 Å². The van der Waals surface area contributed by atoms with Crippen LogP contribution in [0, 0.1) is 11.3 Å². The molecule has 1 rings (SSSR count). The predicted molar refractivity (Wildman–Crippen MR) is 55.5 cm³/mol. The zero-order chi connectivity index (χ0) is 10.6. The molecule has 3 nitrogen and oxygen atoms in total. The molecular formula is C10H6BrNO2. The third-order valence-corrected chi connectivity index (χ3v) is 2.22.